The predicted octanol–water partition coefficient (Wildman–Crippen LogP) is 0.815. The topological polar surface area (TPSA) is 80.0 Å². The van der Waals surface area contributed by atoms with Crippen molar-refractivity contribution in [2.45, 2.75) is 46.1 Å². The van der Waals surface area contributed by atoms with Crippen LogP contribution >= 0.6 is 0 Å². The van der Waals surface area contributed by atoms with Gasteiger partial charge in [0.05, 0.1) is 6.54 Å². The van der Waals surface area contributed by atoms with Crippen LogP contribution in [0.2, 0.25) is 0 Å². The van der Waals surface area contributed by atoms with Crippen molar-refractivity contribution in [2.75, 3.05) is 13.1 Å². The van der Waals surface area contributed by atoms with Crippen LogP contribution in [0, 0.1) is 6.92 Å². The second-order valence-corrected chi connectivity index (χ2v) is 4.24. The van der Waals surface area contributed by atoms with Gasteiger partial charge in [-0.15, -0.1) is 0 Å². The molecular formula is C12H22N4O2. The quantitative estimate of drug-likeness (QED) is 0.671. The third-order valence-electron chi connectivity index (χ3n) is 2.72. The molecule has 0 unspecified atom stereocenters. The summed E-state index contributed by atoms with van der Waals surface area (Å²) in [5.74, 6) is 1.27. The van der Waals surface area contributed by atoms with Crippen molar-refractivity contribution in [1.82, 2.24) is 20.8 Å². The van der Waals surface area contributed by atoms with Crippen LogP contribution < -0.4 is 10.6 Å². The summed E-state index contributed by atoms with van der Waals surface area (Å²) in [5.41, 5.74) is 0. The number of carbonyl (C=O) groups is 1. The second kappa shape index (κ2) is 7.81. The zero-order valence-electron chi connectivity index (χ0n) is 11.3. The minimum absolute atomic E-state index is 0.0328. The highest BCUT2D eigenvalue weighted by Gasteiger charge is 2.08. The summed E-state index contributed by atoms with van der Waals surface area (Å²) in [6.45, 7) is 6.89. The van der Waals surface area contributed by atoms with Crippen LogP contribution in [0.1, 0.15) is 38.4 Å². The Hall–Kier alpha value is -1.43. The molecule has 1 aromatic rings. The summed E-state index contributed by atoms with van der Waals surface area (Å²) < 4.78 is 4.97. The van der Waals surface area contributed by atoms with Crippen LogP contribution in [0.25, 0.3) is 0 Å². The Morgan fingerprint density at radius 3 is 2.67 bits per heavy atom. The number of hydrogen-bond acceptors (Lipinski definition) is 5. The Morgan fingerprint density at radius 2 is 2.11 bits per heavy atom. The first-order valence-electron chi connectivity index (χ1n) is 6.45. The van der Waals surface area contributed by atoms with Crippen molar-refractivity contribution in [1.29, 1.82) is 0 Å². The normalized spacial score (nSPS) is 10.9. The standard InChI is InChI=1S/C12H22N4O2/c1-4-10(5-2)15-11(17)8-13-7-6-12-14-9(3)16-18-12/h10,13H,4-8H2,1-3H3,(H,15,17). The summed E-state index contributed by atoms with van der Waals surface area (Å²) >= 11 is 0. The van der Waals surface area contributed by atoms with Crippen molar-refractivity contribution in [3.63, 3.8) is 0 Å². The van der Waals surface area contributed by atoms with E-state index in [4.69, 9.17) is 4.52 Å². The van der Waals surface area contributed by atoms with Gasteiger partial charge < -0.3 is 15.2 Å². The number of amides is 1. The van der Waals surface area contributed by atoms with Gasteiger partial charge in [0, 0.05) is 19.0 Å². The van der Waals surface area contributed by atoms with Gasteiger partial charge in [0.25, 0.3) is 0 Å². The van der Waals surface area contributed by atoms with E-state index in [0.29, 0.717) is 31.2 Å². The molecular weight excluding hydrogens is 232 g/mol. The van der Waals surface area contributed by atoms with E-state index >= 15 is 0 Å². The van der Waals surface area contributed by atoms with Gasteiger partial charge in [-0.1, -0.05) is 19.0 Å². The summed E-state index contributed by atoms with van der Waals surface area (Å²) in [6.07, 6.45) is 2.56. The molecule has 1 aromatic heterocycles. The lowest BCUT2D eigenvalue weighted by Crippen LogP contribution is -2.40. The summed E-state index contributed by atoms with van der Waals surface area (Å²) in [5, 5.41) is 9.72. The van der Waals surface area contributed by atoms with Crippen LogP contribution in [0.5, 0.6) is 0 Å². The first-order valence-corrected chi connectivity index (χ1v) is 6.45. The molecule has 102 valence electrons. The molecule has 0 aliphatic rings. The molecule has 1 heterocycles. The maximum atomic E-state index is 11.6. The van der Waals surface area contributed by atoms with E-state index in [2.05, 4.69) is 34.6 Å². The summed E-state index contributed by atoms with van der Waals surface area (Å²) in [6, 6.07) is 0.276. The third-order valence-corrected chi connectivity index (χ3v) is 2.72. The Morgan fingerprint density at radius 1 is 1.39 bits per heavy atom. The maximum Gasteiger partial charge on any atom is 0.234 e. The number of aryl methyl sites for hydroxylation is 1. The van der Waals surface area contributed by atoms with Gasteiger partial charge in [0.15, 0.2) is 5.82 Å². The fraction of sp³-hybridized carbons (Fsp3) is 0.750. The lowest BCUT2D eigenvalue weighted by Gasteiger charge is -2.14. The van der Waals surface area contributed by atoms with E-state index in [0.717, 1.165) is 12.8 Å². The summed E-state index contributed by atoms with van der Waals surface area (Å²) in [4.78, 5) is 15.6. The van der Waals surface area contributed by atoms with Crippen molar-refractivity contribution in [3.8, 4) is 0 Å². The average molecular weight is 254 g/mol. The largest absolute Gasteiger partial charge is 0.352 e. The van der Waals surface area contributed by atoms with Crippen LogP contribution in [0.3, 0.4) is 0 Å². The molecule has 0 atom stereocenters. The van der Waals surface area contributed by atoms with Gasteiger partial charge in [-0.2, -0.15) is 4.98 Å². The van der Waals surface area contributed by atoms with Crippen molar-refractivity contribution in [2.24, 2.45) is 0 Å². The van der Waals surface area contributed by atoms with Crippen LogP contribution in [0.4, 0.5) is 0 Å². The fourth-order valence-corrected chi connectivity index (χ4v) is 1.61. The highest BCUT2D eigenvalue weighted by Crippen LogP contribution is 1.96. The van der Waals surface area contributed by atoms with Gasteiger partial charge in [-0.05, 0) is 19.8 Å². The lowest BCUT2D eigenvalue weighted by molar-refractivity contribution is -0.121. The molecule has 0 radical (unpaired) electrons. The first kappa shape index (κ1) is 14.6. The van der Waals surface area contributed by atoms with Gasteiger partial charge in [0.2, 0.25) is 11.8 Å². The van der Waals surface area contributed by atoms with Crippen molar-refractivity contribution >= 4 is 5.91 Å². The maximum absolute atomic E-state index is 11.6. The van der Waals surface area contributed by atoms with E-state index in [1.165, 1.54) is 0 Å². The fourth-order valence-electron chi connectivity index (χ4n) is 1.61. The molecule has 0 saturated carbocycles. The number of nitrogens with zero attached hydrogens (tertiary/aromatic N) is 2. The molecule has 2 N–H and O–H groups in total. The molecule has 0 saturated heterocycles. The van der Waals surface area contributed by atoms with Gasteiger partial charge in [-0.3, -0.25) is 4.79 Å². The number of nitrogens with one attached hydrogen (secondary N) is 2. The van der Waals surface area contributed by atoms with Crippen molar-refractivity contribution < 1.29 is 9.32 Å². The van der Waals surface area contributed by atoms with E-state index in [9.17, 15) is 4.79 Å². The minimum atomic E-state index is 0.0328. The van der Waals surface area contributed by atoms with Gasteiger partial charge in [-0.25, -0.2) is 0 Å². The van der Waals surface area contributed by atoms with E-state index in [1.807, 2.05) is 0 Å². The van der Waals surface area contributed by atoms with Crippen molar-refractivity contribution in [3.05, 3.63) is 11.7 Å². The van der Waals surface area contributed by atoms with Gasteiger partial charge in [0.1, 0.15) is 0 Å². The molecule has 6 nitrogen and oxygen atoms in total. The Labute approximate surface area is 108 Å². The zero-order valence-corrected chi connectivity index (χ0v) is 11.3. The molecule has 0 aliphatic carbocycles. The van der Waals surface area contributed by atoms with Crippen LogP contribution in [0.15, 0.2) is 4.52 Å². The monoisotopic (exact) mass is 254 g/mol. The Bertz CT molecular complexity index is 361. The molecule has 0 spiro atoms. The van der Waals surface area contributed by atoms with Crippen LogP contribution in [-0.4, -0.2) is 35.2 Å². The molecule has 6 heteroatoms. The molecule has 0 aliphatic heterocycles. The summed E-state index contributed by atoms with van der Waals surface area (Å²) in [7, 11) is 0. The molecule has 0 aromatic carbocycles. The molecule has 0 bridgehead atoms. The first-order chi connectivity index (χ1) is 8.65. The van der Waals surface area contributed by atoms with Gasteiger partial charge >= 0.3 is 0 Å². The molecule has 0 fully saturated rings. The lowest BCUT2D eigenvalue weighted by atomic mass is 10.2. The predicted molar refractivity (Wildman–Crippen MR) is 68.1 cm³/mol. The molecule has 1 rings (SSSR count). The second-order valence-electron chi connectivity index (χ2n) is 4.24. The minimum Gasteiger partial charge on any atom is -0.352 e. The number of carbonyl (C=O) groups excluding carboxylic acids is 1. The van der Waals surface area contributed by atoms with E-state index < -0.39 is 0 Å². The Kier molecular flexibility index (Phi) is 6.35. The zero-order chi connectivity index (χ0) is 13.4. The SMILES string of the molecule is CCC(CC)NC(=O)CNCCc1nc(C)no1. The van der Waals surface area contributed by atoms with E-state index in [-0.39, 0.29) is 11.9 Å². The smallest absolute Gasteiger partial charge is 0.234 e. The Balaban J connectivity index is 2.12. The highest BCUT2D eigenvalue weighted by atomic mass is 16.5. The number of hydrogen-bond donors (Lipinski definition) is 2. The number of aromatic nitrogens is 2. The van der Waals surface area contributed by atoms with Crippen LogP contribution in [-0.2, 0) is 11.2 Å². The highest BCUT2D eigenvalue weighted by molar-refractivity contribution is 5.78. The molecule has 1 amide bonds. The average Bonchev–Trinajstić information content (AvgIpc) is 2.77. The number of rotatable bonds is 8. The third kappa shape index (κ3) is 5.27. The molecule has 18 heavy (non-hydrogen) atoms. The van der Waals surface area contributed by atoms with E-state index in [1.54, 1.807) is 6.92 Å².